The van der Waals surface area contributed by atoms with Gasteiger partial charge in [0.2, 0.25) is 0 Å². The second-order valence-electron chi connectivity index (χ2n) is 7.76. The predicted molar refractivity (Wildman–Crippen MR) is 120 cm³/mol. The molecule has 29 heavy (non-hydrogen) atoms. The molecule has 0 aliphatic heterocycles. The molecule has 0 bridgehead atoms. The molecule has 0 amide bonds. The topological polar surface area (TPSA) is 59.3 Å². The monoisotopic (exact) mass is 469 g/mol. The summed E-state index contributed by atoms with van der Waals surface area (Å²) in [6.07, 6.45) is 3.01. The minimum absolute atomic E-state index is 0.229. The number of anilines is 1. The highest BCUT2D eigenvalue weighted by molar-refractivity contribution is 9.10. The molecule has 1 aromatic heterocycles. The van der Waals surface area contributed by atoms with Crippen molar-refractivity contribution in [3.8, 4) is 0 Å². The van der Waals surface area contributed by atoms with Gasteiger partial charge < -0.3 is 4.42 Å². The zero-order chi connectivity index (χ0) is 20.2. The first-order chi connectivity index (χ1) is 13.9. The maximum absolute atomic E-state index is 13.0. The first kappa shape index (κ1) is 18.7. The average molecular weight is 470 g/mol. The van der Waals surface area contributed by atoms with Crippen LogP contribution in [0.4, 0.5) is 5.69 Å². The third-order valence-electron chi connectivity index (χ3n) is 5.67. The van der Waals surface area contributed by atoms with E-state index in [4.69, 9.17) is 4.42 Å². The van der Waals surface area contributed by atoms with Crippen molar-refractivity contribution in [1.82, 2.24) is 0 Å². The summed E-state index contributed by atoms with van der Waals surface area (Å²) in [5.41, 5.74) is 2.65. The number of aryl methyl sites for hydroxylation is 1. The van der Waals surface area contributed by atoms with Crippen LogP contribution >= 0.6 is 15.9 Å². The predicted octanol–water partition coefficient (Wildman–Crippen LogP) is 6.27. The van der Waals surface area contributed by atoms with Crippen LogP contribution in [0.2, 0.25) is 0 Å². The van der Waals surface area contributed by atoms with Gasteiger partial charge in [0.25, 0.3) is 10.0 Å². The van der Waals surface area contributed by atoms with Crippen molar-refractivity contribution >= 4 is 53.4 Å². The molecule has 0 spiro atoms. The number of halogens is 1. The van der Waals surface area contributed by atoms with Crippen LogP contribution in [0.1, 0.15) is 24.7 Å². The number of sulfonamides is 1. The van der Waals surface area contributed by atoms with Crippen LogP contribution in [0.3, 0.4) is 0 Å². The van der Waals surface area contributed by atoms with Crippen molar-refractivity contribution in [2.24, 2.45) is 5.92 Å². The Labute approximate surface area is 178 Å². The molecule has 5 rings (SSSR count). The van der Waals surface area contributed by atoms with Gasteiger partial charge in [0, 0.05) is 32.6 Å². The lowest BCUT2D eigenvalue weighted by atomic mass is 9.87. The minimum Gasteiger partial charge on any atom is -0.460 e. The highest BCUT2D eigenvalue weighted by Gasteiger charge is 2.25. The van der Waals surface area contributed by atoms with E-state index >= 15 is 0 Å². The quantitative estimate of drug-likeness (QED) is 0.384. The normalized spacial score (nSPS) is 16.8. The minimum atomic E-state index is -3.71. The van der Waals surface area contributed by atoms with Gasteiger partial charge in [-0.1, -0.05) is 47.1 Å². The highest BCUT2D eigenvalue weighted by Crippen LogP contribution is 2.40. The van der Waals surface area contributed by atoms with Crippen LogP contribution in [0.15, 0.2) is 68.4 Å². The van der Waals surface area contributed by atoms with E-state index in [1.54, 1.807) is 24.3 Å². The van der Waals surface area contributed by atoms with Crippen LogP contribution in [-0.4, -0.2) is 8.42 Å². The fourth-order valence-corrected chi connectivity index (χ4v) is 5.51. The van der Waals surface area contributed by atoms with Crippen LogP contribution in [0.5, 0.6) is 0 Å². The Kier molecular flexibility index (Phi) is 4.44. The third-order valence-corrected chi connectivity index (χ3v) is 7.58. The van der Waals surface area contributed by atoms with Gasteiger partial charge in [-0.15, -0.1) is 0 Å². The fraction of sp³-hybridized carbons (Fsp3) is 0.217. The molecule has 1 heterocycles. The zero-order valence-electron chi connectivity index (χ0n) is 15.9. The summed E-state index contributed by atoms with van der Waals surface area (Å²) in [4.78, 5) is 0.229. The first-order valence-corrected chi connectivity index (χ1v) is 11.9. The van der Waals surface area contributed by atoms with E-state index < -0.39 is 10.0 Å². The van der Waals surface area contributed by atoms with E-state index in [0.29, 0.717) is 11.6 Å². The fourth-order valence-electron chi connectivity index (χ4n) is 4.17. The van der Waals surface area contributed by atoms with Gasteiger partial charge in [0.1, 0.15) is 11.3 Å². The molecule has 0 radical (unpaired) electrons. The van der Waals surface area contributed by atoms with Gasteiger partial charge in [-0.3, -0.25) is 4.72 Å². The van der Waals surface area contributed by atoms with Crippen LogP contribution in [0.25, 0.3) is 21.7 Å². The van der Waals surface area contributed by atoms with E-state index in [2.05, 4.69) is 27.6 Å². The molecule has 3 aromatic carbocycles. The lowest BCUT2D eigenvalue weighted by Crippen LogP contribution is -2.13. The van der Waals surface area contributed by atoms with Gasteiger partial charge in [-0.2, -0.15) is 0 Å². The Bertz CT molecular complexity index is 1340. The molecule has 0 fully saturated rings. The van der Waals surface area contributed by atoms with Gasteiger partial charge in [-0.05, 0) is 49.1 Å². The largest absolute Gasteiger partial charge is 0.460 e. The molecule has 1 aliphatic carbocycles. The molecule has 148 valence electrons. The van der Waals surface area contributed by atoms with E-state index in [1.165, 1.54) is 5.56 Å². The summed E-state index contributed by atoms with van der Waals surface area (Å²) in [6.45, 7) is 2.25. The molecule has 0 saturated heterocycles. The lowest BCUT2D eigenvalue weighted by molar-refractivity contribution is 0.439. The second kappa shape index (κ2) is 6.89. The van der Waals surface area contributed by atoms with Crippen LogP contribution < -0.4 is 4.72 Å². The molecular weight excluding hydrogens is 450 g/mol. The van der Waals surface area contributed by atoms with Crippen molar-refractivity contribution in [2.75, 3.05) is 4.72 Å². The lowest BCUT2D eigenvalue weighted by Gasteiger charge is -2.17. The molecule has 0 unspecified atom stereocenters. The number of benzene rings is 3. The SMILES string of the molecule is C[C@@H]1CCc2oc3c(cc(NS(=O)(=O)c4ccc(Br)cc4)c4ccccc43)c2C1. The smallest absolute Gasteiger partial charge is 0.261 e. The van der Waals surface area contributed by atoms with Crippen molar-refractivity contribution in [3.05, 3.63) is 70.4 Å². The van der Waals surface area contributed by atoms with Gasteiger partial charge in [-0.25, -0.2) is 8.42 Å². The molecule has 6 heteroatoms. The van der Waals surface area contributed by atoms with Crippen LogP contribution in [-0.2, 0) is 22.9 Å². The number of hydrogen-bond acceptors (Lipinski definition) is 3. The number of nitrogens with one attached hydrogen (secondary N) is 1. The first-order valence-electron chi connectivity index (χ1n) is 9.67. The molecule has 4 nitrogen and oxygen atoms in total. The zero-order valence-corrected chi connectivity index (χ0v) is 18.3. The molecule has 1 atom stereocenters. The maximum atomic E-state index is 13.0. The Morgan fingerprint density at radius 3 is 2.52 bits per heavy atom. The number of rotatable bonds is 3. The number of furan rings is 1. The standard InChI is InChI=1S/C23H20BrNO3S/c1-14-6-11-22-19(12-14)20-13-21(17-4-2-3-5-18(17)23(20)28-22)25-29(26,27)16-9-7-15(24)8-10-16/h2-5,7-10,13-14,25H,6,11-12H2,1H3/t14-/m1/s1. The Morgan fingerprint density at radius 2 is 1.76 bits per heavy atom. The summed E-state index contributed by atoms with van der Waals surface area (Å²) in [6, 6.07) is 16.4. The number of fused-ring (bicyclic) bond motifs is 5. The summed E-state index contributed by atoms with van der Waals surface area (Å²) in [5.74, 6) is 1.63. The molecule has 4 aromatic rings. The van der Waals surface area contributed by atoms with E-state index in [9.17, 15) is 8.42 Å². The van der Waals surface area contributed by atoms with Crippen molar-refractivity contribution in [3.63, 3.8) is 0 Å². The van der Waals surface area contributed by atoms with Crippen molar-refractivity contribution < 1.29 is 12.8 Å². The summed E-state index contributed by atoms with van der Waals surface area (Å²) >= 11 is 3.35. The summed E-state index contributed by atoms with van der Waals surface area (Å²) < 4.78 is 35.9. The average Bonchev–Trinajstić information content (AvgIpc) is 3.06. The van der Waals surface area contributed by atoms with Gasteiger partial charge >= 0.3 is 0 Å². The Morgan fingerprint density at radius 1 is 1.03 bits per heavy atom. The van der Waals surface area contributed by atoms with Gasteiger partial charge in [0.05, 0.1) is 10.6 Å². The molecule has 0 saturated carbocycles. The van der Waals surface area contributed by atoms with E-state index in [-0.39, 0.29) is 4.90 Å². The van der Waals surface area contributed by atoms with Crippen LogP contribution in [0, 0.1) is 5.92 Å². The van der Waals surface area contributed by atoms with Crippen molar-refractivity contribution in [2.45, 2.75) is 31.1 Å². The molecule has 1 aliphatic rings. The summed E-state index contributed by atoms with van der Waals surface area (Å²) in [5, 5.41) is 2.78. The number of hydrogen-bond donors (Lipinski definition) is 1. The molecular formula is C23H20BrNO3S. The van der Waals surface area contributed by atoms with E-state index in [1.807, 2.05) is 30.3 Å². The molecule has 1 N–H and O–H groups in total. The Balaban J connectivity index is 1.70. The highest BCUT2D eigenvalue weighted by atomic mass is 79.9. The van der Waals surface area contributed by atoms with Crippen molar-refractivity contribution in [1.29, 1.82) is 0 Å². The van der Waals surface area contributed by atoms with Gasteiger partial charge in [0.15, 0.2) is 0 Å². The second-order valence-corrected chi connectivity index (χ2v) is 10.4. The maximum Gasteiger partial charge on any atom is 0.261 e. The third kappa shape index (κ3) is 3.24. The van der Waals surface area contributed by atoms with E-state index in [0.717, 1.165) is 51.2 Å². The Hall–Kier alpha value is -2.31. The summed E-state index contributed by atoms with van der Waals surface area (Å²) in [7, 11) is -3.71.